The first kappa shape index (κ1) is 50.8. The number of esters is 1. The molecule has 1 aromatic heterocycles. The van der Waals surface area contributed by atoms with Crippen molar-refractivity contribution in [3.8, 4) is 28.3 Å². The van der Waals surface area contributed by atoms with E-state index in [-0.39, 0.29) is 68.5 Å². The van der Waals surface area contributed by atoms with Crippen LogP contribution in [0.15, 0.2) is 140 Å². The molecule has 0 aliphatic carbocycles. The van der Waals surface area contributed by atoms with Crippen LogP contribution < -0.4 is 26.9 Å². The van der Waals surface area contributed by atoms with Gasteiger partial charge in [-0.15, -0.1) is 0 Å². The van der Waals surface area contributed by atoms with Crippen LogP contribution >= 0.6 is 0 Å². The van der Waals surface area contributed by atoms with Crippen LogP contribution in [0.5, 0.6) is 11.5 Å². The number of rotatable bonds is 11. The van der Waals surface area contributed by atoms with Gasteiger partial charge in [0.15, 0.2) is 19.7 Å². The molecule has 0 bridgehead atoms. The molecule has 0 fully saturated rings. The Labute approximate surface area is 385 Å². The number of aromatic nitrogens is 2. The molecule has 0 saturated carbocycles. The monoisotopic (exact) mass is 997 g/mol. The molecule has 67 heavy (non-hydrogen) atoms. The summed E-state index contributed by atoms with van der Waals surface area (Å²) in [5.41, 5.74) is 18.5. The van der Waals surface area contributed by atoms with E-state index in [0.29, 0.717) is 22.7 Å². The molecular weight excluding hydrogens is 955 g/mol. The van der Waals surface area contributed by atoms with Gasteiger partial charge in [0.1, 0.15) is 43.4 Å². The maximum Gasteiger partial charge on any atom is 0.343 e. The van der Waals surface area contributed by atoms with Gasteiger partial charge in [0, 0.05) is 29.3 Å². The van der Waals surface area contributed by atoms with Crippen LogP contribution in [-0.4, -0.2) is 89.4 Å². The van der Waals surface area contributed by atoms with E-state index in [1.165, 1.54) is 59.4 Å². The average molecular weight is 998 g/mol. The highest BCUT2D eigenvalue weighted by Crippen LogP contribution is 2.35. The van der Waals surface area contributed by atoms with Crippen molar-refractivity contribution >= 4 is 74.8 Å². The Morgan fingerprint density at radius 3 is 1.84 bits per heavy atom. The topological polar surface area (TPSA) is 341 Å². The minimum Gasteiger partial charge on any atom is -0.462 e. The Balaban J connectivity index is 0.000000189. The van der Waals surface area contributed by atoms with Crippen molar-refractivity contribution < 1.29 is 61.8 Å². The van der Waals surface area contributed by atoms with Crippen LogP contribution in [-0.2, 0) is 49.4 Å². The number of amidine groups is 1. The second-order valence-electron chi connectivity index (χ2n) is 14.3. The minimum atomic E-state index is -4.63. The molecule has 0 unspecified atom stereocenters. The number of nitrogen functional groups attached to an aromatic ring is 2. The number of carbonyl (C=O) groups excluding carboxylic acids is 2. The maximum atomic E-state index is 12.1. The van der Waals surface area contributed by atoms with E-state index in [1.807, 2.05) is 6.07 Å². The fourth-order valence-electron chi connectivity index (χ4n) is 6.07. The summed E-state index contributed by atoms with van der Waals surface area (Å²) in [5.74, 6) is 0.148. The van der Waals surface area contributed by atoms with E-state index < -0.39 is 55.7 Å². The van der Waals surface area contributed by atoms with Crippen LogP contribution in [0.3, 0.4) is 0 Å². The zero-order chi connectivity index (χ0) is 49.6. The molecule has 0 saturated heterocycles. The predicted molar refractivity (Wildman–Crippen MR) is 247 cm³/mol. The number of hydrazone groups is 1. The number of benzene rings is 5. The van der Waals surface area contributed by atoms with E-state index in [9.17, 15) is 52.4 Å². The highest BCUT2D eigenvalue weighted by Gasteiger charge is 2.27. The van der Waals surface area contributed by atoms with Crippen LogP contribution in [0.2, 0.25) is 0 Å². The number of sulfone groups is 2. The SMILES string of the molecule is CCOC(=O)c1cnn(-c2ccc(S(C)(=O)=O)cc2)c1N.CS(=O)(=O)c1cc(N2N=C(N)CC2=O)ccc1Oc1ccccc1.Cc1ccc(-c2ccc(N)cc2S(=O)(=O)O)c(S(=O)(=O)O)c1. The van der Waals surface area contributed by atoms with Gasteiger partial charge in [-0.2, -0.15) is 32.0 Å². The van der Waals surface area contributed by atoms with E-state index in [4.69, 9.17) is 26.7 Å². The highest BCUT2D eigenvalue weighted by molar-refractivity contribution is 7.91. The first-order chi connectivity index (χ1) is 31.2. The van der Waals surface area contributed by atoms with Crippen molar-refractivity contribution in [1.82, 2.24) is 9.78 Å². The molecule has 7 rings (SSSR count). The number of nitrogens with two attached hydrogens (primary N) is 3. The van der Waals surface area contributed by atoms with Gasteiger partial charge >= 0.3 is 5.97 Å². The fraction of sp³-hybridized carbons (Fsp3) is 0.143. The Morgan fingerprint density at radius 1 is 0.716 bits per heavy atom. The zero-order valence-corrected chi connectivity index (χ0v) is 39.1. The first-order valence-corrected chi connectivity index (χ1v) is 25.8. The van der Waals surface area contributed by atoms with Crippen molar-refractivity contribution in [3.05, 3.63) is 127 Å². The molecule has 354 valence electrons. The lowest BCUT2D eigenvalue weighted by atomic mass is 10.0. The number of para-hydroxylation sites is 1. The summed E-state index contributed by atoms with van der Waals surface area (Å²) in [6.07, 6.45) is 3.53. The maximum absolute atomic E-state index is 12.1. The smallest absolute Gasteiger partial charge is 0.343 e. The molecule has 1 aliphatic rings. The fourth-order valence-corrected chi connectivity index (χ4v) is 9.05. The summed E-state index contributed by atoms with van der Waals surface area (Å²) in [7, 11) is -16.1. The van der Waals surface area contributed by atoms with Crippen LogP contribution in [0, 0.1) is 6.92 Å². The molecule has 8 N–H and O–H groups in total. The second kappa shape index (κ2) is 20.1. The number of anilines is 3. The molecule has 0 spiro atoms. The van der Waals surface area contributed by atoms with E-state index in [0.717, 1.165) is 23.6 Å². The summed E-state index contributed by atoms with van der Waals surface area (Å²) in [4.78, 5) is 22.7. The van der Waals surface area contributed by atoms with Crippen molar-refractivity contribution in [2.75, 3.05) is 35.6 Å². The minimum absolute atomic E-state index is 0.0104. The van der Waals surface area contributed by atoms with Gasteiger partial charge in [-0.05, 0) is 92.2 Å². The van der Waals surface area contributed by atoms with Crippen molar-refractivity contribution in [2.45, 2.75) is 39.9 Å². The van der Waals surface area contributed by atoms with Gasteiger partial charge in [0.2, 0.25) is 0 Å². The third-order valence-corrected chi connectivity index (χ3v) is 13.2. The van der Waals surface area contributed by atoms with Crippen molar-refractivity contribution in [3.63, 3.8) is 0 Å². The van der Waals surface area contributed by atoms with Crippen LogP contribution in [0.25, 0.3) is 16.8 Å². The highest BCUT2D eigenvalue weighted by atomic mass is 32.2. The van der Waals surface area contributed by atoms with Gasteiger partial charge in [0.05, 0.1) is 35.5 Å². The molecule has 0 radical (unpaired) electrons. The molecular formula is C42H43N7O14S4. The largest absolute Gasteiger partial charge is 0.462 e. The van der Waals surface area contributed by atoms with Gasteiger partial charge in [0.25, 0.3) is 26.1 Å². The van der Waals surface area contributed by atoms with E-state index in [1.54, 1.807) is 62.4 Å². The third-order valence-electron chi connectivity index (χ3n) is 9.14. The summed E-state index contributed by atoms with van der Waals surface area (Å²) >= 11 is 0. The number of hydrogen-bond donors (Lipinski definition) is 5. The quantitative estimate of drug-likeness (QED) is 0.0669. The van der Waals surface area contributed by atoms with Crippen LogP contribution in [0.4, 0.5) is 17.2 Å². The van der Waals surface area contributed by atoms with E-state index >= 15 is 0 Å². The lowest BCUT2D eigenvalue weighted by Crippen LogP contribution is -2.20. The normalized spacial score (nSPS) is 12.8. The summed E-state index contributed by atoms with van der Waals surface area (Å²) in [6, 6.07) is 27.0. The Morgan fingerprint density at radius 2 is 1.30 bits per heavy atom. The molecule has 21 nitrogen and oxygen atoms in total. The van der Waals surface area contributed by atoms with Gasteiger partial charge in [-0.1, -0.05) is 36.4 Å². The Kier molecular flexibility index (Phi) is 15.3. The third kappa shape index (κ3) is 12.8. The lowest BCUT2D eigenvalue weighted by Gasteiger charge is -2.15. The predicted octanol–water partition coefficient (Wildman–Crippen LogP) is 4.66. The summed E-state index contributed by atoms with van der Waals surface area (Å²) < 4.78 is 124. The number of carbonyl (C=O) groups is 2. The standard InChI is InChI=1S/C16H15N3O4S.C13H15N3O4S.C13H13NO6S2/c1-24(21,22)14-9-11(19-16(20)10-15(17)18-19)7-8-13(14)23-12-5-3-2-4-6-12;1-3-20-13(17)11-8-15-16(12(11)14)9-4-6-10(7-5-9)21(2,18)19;1-8-2-4-10(12(6-8)21(15,16)17)11-5-3-9(14)7-13(11)22(18,19)20/h2-9H,10H2,1H3,(H2,17,18);4-8H,3,14H2,1-2H3;2-7H,14H2,1H3,(H,15,16,17)(H,18,19,20). The van der Waals surface area contributed by atoms with Gasteiger partial charge < -0.3 is 26.7 Å². The van der Waals surface area contributed by atoms with Gasteiger partial charge in [-0.25, -0.2) is 26.3 Å². The molecule has 2 heterocycles. The number of amides is 1. The second-order valence-corrected chi connectivity index (χ2v) is 21.1. The molecule has 1 aliphatic heterocycles. The number of ether oxygens (including phenoxy) is 2. The first-order valence-electron chi connectivity index (χ1n) is 19.2. The number of hydrogen-bond acceptors (Lipinski definition) is 17. The number of nitrogens with zero attached hydrogens (tertiary/aromatic N) is 4. The van der Waals surface area contributed by atoms with Crippen LogP contribution in [0.1, 0.15) is 29.3 Å². The van der Waals surface area contributed by atoms with Crippen molar-refractivity contribution in [1.29, 1.82) is 0 Å². The molecule has 5 aromatic carbocycles. The molecule has 25 heteroatoms. The number of aryl methyl sites for hydroxylation is 1. The average Bonchev–Trinajstić information content (AvgIpc) is 3.80. The lowest BCUT2D eigenvalue weighted by molar-refractivity contribution is -0.116. The Hall–Kier alpha value is -7.16. The van der Waals surface area contributed by atoms with E-state index in [2.05, 4.69) is 10.2 Å². The van der Waals surface area contributed by atoms with Crippen molar-refractivity contribution in [2.24, 2.45) is 10.8 Å². The molecule has 6 aromatic rings. The summed E-state index contributed by atoms with van der Waals surface area (Å²) in [6.45, 7) is 3.56. The molecule has 1 amide bonds. The zero-order valence-electron chi connectivity index (χ0n) is 35.8. The summed E-state index contributed by atoms with van der Waals surface area (Å²) in [5, 5.41) is 9.04. The Bertz CT molecular complexity index is 3270. The molecule has 0 atom stereocenters. The van der Waals surface area contributed by atoms with Gasteiger partial charge in [-0.3, -0.25) is 13.9 Å².